The summed E-state index contributed by atoms with van der Waals surface area (Å²) < 4.78 is 31.1. The number of ether oxygens (including phenoxy) is 1. The van der Waals surface area contributed by atoms with Crippen molar-refractivity contribution in [1.82, 2.24) is 4.98 Å². The molecule has 0 aliphatic heterocycles. The zero-order valence-electron chi connectivity index (χ0n) is 20.4. The maximum absolute atomic E-state index is 12.5. The molecule has 2 aromatic carbocycles. The number of rotatable bonds is 8. The number of aromatic nitrogens is 1. The first-order chi connectivity index (χ1) is 16.3. The summed E-state index contributed by atoms with van der Waals surface area (Å²) in [7, 11) is -1.90. The van der Waals surface area contributed by atoms with Crippen LogP contribution in [0.3, 0.4) is 0 Å². The van der Waals surface area contributed by atoms with Gasteiger partial charge < -0.3 is 14.8 Å². The number of carboxylic acids is 1. The van der Waals surface area contributed by atoms with Crippen molar-refractivity contribution in [1.29, 1.82) is 0 Å². The Morgan fingerprint density at radius 3 is 2.31 bits per heavy atom. The molecule has 3 N–H and O–H groups in total. The highest BCUT2D eigenvalue weighted by Crippen LogP contribution is 2.39. The van der Waals surface area contributed by atoms with Crippen LogP contribution in [0.1, 0.15) is 43.4 Å². The number of sulfonamides is 1. The number of hydrogen-bond donors (Lipinski definition) is 3. The van der Waals surface area contributed by atoms with Crippen LogP contribution in [-0.4, -0.2) is 37.8 Å². The number of carbonyl (C=O) groups is 1. The third-order valence-electron chi connectivity index (χ3n) is 5.65. The number of pyridine rings is 1. The smallest absolute Gasteiger partial charge is 0.311 e. The first-order valence-electron chi connectivity index (χ1n) is 11.0. The summed E-state index contributed by atoms with van der Waals surface area (Å²) in [5, 5.41) is 10.1. The van der Waals surface area contributed by atoms with Crippen molar-refractivity contribution in [3.05, 3.63) is 81.8 Å². The minimum absolute atomic E-state index is 0.110. The molecule has 0 spiro atoms. The van der Waals surface area contributed by atoms with E-state index in [1.54, 1.807) is 43.6 Å². The molecule has 0 aliphatic rings. The third kappa shape index (κ3) is 6.30. The molecule has 1 heterocycles. The van der Waals surface area contributed by atoms with Crippen LogP contribution in [-0.2, 0) is 26.7 Å². The molecule has 0 aliphatic carbocycles. The quantitative estimate of drug-likeness (QED) is 0.429. The molecule has 9 heteroatoms. The zero-order chi connectivity index (χ0) is 26.0. The Labute approximate surface area is 205 Å². The van der Waals surface area contributed by atoms with Crippen molar-refractivity contribution in [3.8, 4) is 16.9 Å². The van der Waals surface area contributed by atoms with Crippen LogP contribution in [0.5, 0.6) is 5.75 Å². The molecule has 1 atom stereocenters. The van der Waals surface area contributed by atoms with Gasteiger partial charge in [0, 0.05) is 23.0 Å². The van der Waals surface area contributed by atoms with Crippen LogP contribution >= 0.6 is 0 Å². The van der Waals surface area contributed by atoms with Gasteiger partial charge in [-0.1, -0.05) is 32.9 Å². The van der Waals surface area contributed by atoms with E-state index in [9.17, 15) is 23.1 Å². The van der Waals surface area contributed by atoms with Gasteiger partial charge in [0.15, 0.2) is 0 Å². The SMILES string of the molecule is COc1c(CC(C(=O)O)c2ccc(NS(C)(=O)=O)cc2)cc(-c2ccc[nH]c2=O)cc1C(C)(C)C. The molecule has 0 saturated carbocycles. The Hall–Kier alpha value is -3.59. The van der Waals surface area contributed by atoms with E-state index in [1.165, 1.54) is 12.1 Å². The molecule has 3 aromatic rings. The van der Waals surface area contributed by atoms with Gasteiger partial charge in [0.25, 0.3) is 5.56 Å². The lowest BCUT2D eigenvalue weighted by atomic mass is 9.81. The number of benzene rings is 2. The van der Waals surface area contributed by atoms with E-state index in [2.05, 4.69) is 9.71 Å². The van der Waals surface area contributed by atoms with Gasteiger partial charge in [0.2, 0.25) is 10.0 Å². The lowest BCUT2D eigenvalue weighted by Crippen LogP contribution is -2.18. The first kappa shape index (κ1) is 26.0. The van der Waals surface area contributed by atoms with Crippen LogP contribution < -0.4 is 15.0 Å². The van der Waals surface area contributed by atoms with Crippen LogP contribution in [0.2, 0.25) is 0 Å². The fraction of sp³-hybridized carbons (Fsp3) is 0.308. The number of hydrogen-bond acceptors (Lipinski definition) is 5. The average Bonchev–Trinajstić information content (AvgIpc) is 2.76. The van der Waals surface area contributed by atoms with Gasteiger partial charge in [-0.2, -0.15) is 0 Å². The van der Waals surface area contributed by atoms with Crippen LogP contribution in [0.4, 0.5) is 5.69 Å². The highest BCUT2D eigenvalue weighted by atomic mass is 32.2. The molecule has 35 heavy (non-hydrogen) atoms. The molecule has 0 bridgehead atoms. The summed E-state index contributed by atoms with van der Waals surface area (Å²) in [5.41, 5.74) is 2.94. The van der Waals surface area contributed by atoms with Gasteiger partial charge in [-0.15, -0.1) is 0 Å². The van der Waals surface area contributed by atoms with Crippen LogP contribution in [0, 0.1) is 0 Å². The third-order valence-corrected chi connectivity index (χ3v) is 6.25. The summed E-state index contributed by atoms with van der Waals surface area (Å²) in [6.07, 6.45) is 2.72. The zero-order valence-corrected chi connectivity index (χ0v) is 21.2. The van der Waals surface area contributed by atoms with E-state index >= 15 is 0 Å². The minimum atomic E-state index is -3.45. The lowest BCUT2D eigenvalue weighted by molar-refractivity contribution is -0.138. The van der Waals surface area contributed by atoms with Crippen molar-refractivity contribution < 1.29 is 23.1 Å². The Morgan fingerprint density at radius 1 is 1.14 bits per heavy atom. The molecule has 1 unspecified atom stereocenters. The summed E-state index contributed by atoms with van der Waals surface area (Å²) in [6, 6.07) is 13.4. The van der Waals surface area contributed by atoms with E-state index in [1.807, 2.05) is 26.8 Å². The van der Waals surface area contributed by atoms with Crippen molar-refractivity contribution in [2.24, 2.45) is 0 Å². The molecule has 0 saturated heterocycles. The van der Waals surface area contributed by atoms with Gasteiger partial charge in [-0.3, -0.25) is 14.3 Å². The molecule has 0 fully saturated rings. The number of aliphatic carboxylic acids is 1. The van der Waals surface area contributed by atoms with E-state index in [0.29, 0.717) is 33.7 Å². The molecule has 186 valence electrons. The normalized spacial score (nSPS) is 12.7. The van der Waals surface area contributed by atoms with E-state index in [0.717, 1.165) is 11.8 Å². The molecule has 3 rings (SSSR count). The van der Waals surface area contributed by atoms with Gasteiger partial charge in [-0.25, -0.2) is 8.42 Å². The number of nitrogens with one attached hydrogen (secondary N) is 2. The number of methoxy groups -OCH3 is 1. The predicted molar refractivity (Wildman–Crippen MR) is 137 cm³/mol. The molecule has 1 aromatic heterocycles. The molecule has 0 amide bonds. The highest BCUT2D eigenvalue weighted by Gasteiger charge is 2.27. The Balaban J connectivity index is 2.12. The summed E-state index contributed by atoms with van der Waals surface area (Å²) in [4.78, 5) is 27.5. The second kappa shape index (κ2) is 9.95. The number of carboxylic acid groups (broad SMARTS) is 1. The van der Waals surface area contributed by atoms with Gasteiger partial charge in [-0.05, 0) is 64.9 Å². The average molecular weight is 499 g/mol. The molecule has 8 nitrogen and oxygen atoms in total. The molecular formula is C26H30N2O6S. The fourth-order valence-corrected chi connectivity index (χ4v) is 4.57. The second-order valence-electron chi connectivity index (χ2n) is 9.47. The number of H-pyrrole nitrogens is 1. The van der Waals surface area contributed by atoms with E-state index < -0.39 is 21.9 Å². The highest BCUT2D eigenvalue weighted by molar-refractivity contribution is 7.92. The topological polar surface area (TPSA) is 126 Å². The molecule has 0 radical (unpaired) electrons. The maximum atomic E-state index is 12.5. The minimum Gasteiger partial charge on any atom is -0.496 e. The van der Waals surface area contributed by atoms with Gasteiger partial charge in [0.05, 0.1) is 19.3 Å². The fourth-order valence-electron chi connectivity index (χ4n) is 4.01. The van der Waals surface area contributed by atoms with E-state index in [4.69, 9.17) is 4.74 Å². The van der Waals surface area contributed by atoms with Crippen LogP contribution in [0.15, 0.2) is 59.5 Å². The van der Waals surface area contributed by atoms with Crippen LogP contribution in [0.25, 0.3) is 11.1 Å². The predicted octanol–water partition coefficient (Wildman–Crippen LogP) is 4.13. The summed E-state index contributed by atoms with van der Waals surface area (Å²) in [6.45, 7) is 6.07. The Bertz CT molecular complexity index is 1390. The number of aromatic amines is 1. The standard InChI is InChI=1S/C26H30N2O6S/c1-26(2,3)22-15-17(20-7-6-12-27-24(20)29)13-18(23(22)34-4)14-21(25(30)31)16-8-10-19(11-9-16)28-35(5,32)33/h6-13,15,21,28H,14H2,1-5H3,(H,27,29)(H,30,31). The summed E-state index contributed by atoms with van der Waals surface area (Å²) >= 11 is 0. The summed E-state index contributed by atoms with van der Waals surface area (Å²) in [5.74, 6) is -1.38. The largest absolute Gasteiger partial charge is 0.496 e. The second-order valence-corrected chi connectivity index (χ2v) is 11.2. The van der Waals surface area contributed by atoms with Crippen molar-refractivity contribution in [2.75, 3.05) is 18.1 Å². The van der Waals surface area contributed by atoms with Gasteiger partial charge in [0.1, 0.15) is 5.75 Å². The van der Waals surface area contributed by atoms with Gasteiger partial charge >= 0.3 is 5.97 Å². The monoisotopic (exact) mass is 498 g/mol. The lowest BCUT2D eigenvalue weighted by Gasteiger charge is -2.26. The van der Waals surface area contributed by atoms with E-state index in [-0.39, 0.29) is 17.4 Å². The maximum Gasteiger partial charge on any atom is 0.311 e. The number of anilines is 1. The van der Waals surface area contributed by atoms with Crippen molar-refractivity contribution >= 4 is 21.7 Å². The Kier molecular flexibility index (Phi) is 7.40. The first-order valence-corrected chi connectivity index (χ1v) is 12.9. The Morgan fingerprint density at radius 2 is 1.80 bits per heavy atom. The molecular weight excluding hydrogens is 468 g/mol. The van der Waals surface area contributed by atoms with Crippen molar-refractivity contribution in [2.45, 2.75) is 38.5 Å². The van der Waals surface area contributed by atoms with Crippen molar-refractivity contribution in [3.63, 3.8) is 0 Å².